The Balaban J connectivity index is 2.33. The largest absolute Gasteiger partial charge is 0.383 e. The number of rotatable bonds is 5. The first-order valence-corrected chi connectivity index (χ1v) is 6.36. The van der Waals surface area contributed by atoms with E-state index in [-0.39, 0.29) is 11.0 Å². The van der Waals surface area contributed by atoms with Crippen molar-refractivity contribution in [2.24, 2.45) is 0 Å². The monoisotopic (exact) mass is 295 g/mol. The van der Waals surface area contributed by atoms with E-state index >= 15 is 0 Å². The fourth-order valence-corrected chi connectivity index (χ4v) is 1.87. The Labute approximate surface area is 120 Å². The zero-order valence-corrected chi connectivity index (χ0v) is 11.9. The third kappa shape index (κ3) is 2.80. The highest BCUT2D eigenvalue weighted by Crippen LogP contribution is 2.22. The van der Waals surface area contributed by atoms with Gasteiger partial charge in [-0.15, -0.1) is 0 Å². The predicted octanol–water partition coefficient (Wildman–Crippen LogP) is -0.195. The summed E-state index contributed by atoms with van der Waals surface area (Å²) in [6, 6.07) is 0. The molecule has 0 fully saturated rings. The molecule has 0 aromatic carbocycles. The van der Waals surface area contributed by atoms with Crippen LogP contribution in [0.5, 0.6) is 0 Å². The van der Waals surface area contributed by atoms with Gasteiger partial charge < -0.3 is 16.4 Å². The van der Waals surface area contributed by atoms with E-state index < -0.39 is 0 Å². The second kappa shape index (κ2) is 5.74. The summed E-state index contributed by atoms with van der Waals surface area (Å²) in [4.78, 5) is 8.39. The fourth-order valence-electron chi connectivity index (χ4n) is 1.68. The third-order valence-corrected chi connectivity index (χ3v) is 2.81. The van der Waals surface area contributed by atoms with Crippen LogP contribution in [0.1, 0.15) is 12.5 Å². The molecule has 0 atom stereocenters. The number of hydrogen-bond donors (Lipinski definition) is 4. The van der Waals surface area contributed by atoms with Crippen molar-refractivity contribution in [1.29, 1.82) is 0 Å². The normalized spacial score (nSPS) is 10.3. The Morgan fingerprint density at radius 3 is 2.80 bits per heavy atom. The zero-order valence-electron chi connectivity index (χ0n) is 11.2. The zero-order chi connectivity index (χ0) is 14.7. The van der Waals surface area contributed by atoms with Gasteiger partial charge >= 0.3 is 0 Å². The lowest BCUT2D eigenvalue weighted by atomic mass is 10.3. The summed E-state index contributed by atoms with van der Waals surface area (Å²) >= 11 is 5.79. The lowest BCUT2D eigenvalue weighted by Gasteiger charge is -2.09. The first-order chi connectivity index (χ1) is 9.55. The first kappa shape index (κ1) is 14.1. The summed E-state index contributed by atoms with van der Waals surface area (Å²) in [5.41, 5.74) is 7.01. The summed E-state index contributed by atoms with van der Waals surface area (Å²) < 4.78 is 1.78. The van der Waals surface area contributed by atoms with Crippen molar-refractivity contribution in [2.75, 3.05) is 23.4 Å². The molecule has 0 saturated carbocycles. The number of nitrogen functional groups attached to an aromatic ring is 1. The van der Waals surface area contributed by atoms with E-state index in [0.717, 1.165) is 12.2 Å². The highest BCUT2D eigenvalue weighted by atomic mass is 35.5. The standard InChI is InChI=1S/C11H15ClN8/c1-3-20-5-6(4-16-20)17-11-18-9(14)7(8(12)13)10(15-2)19-11/h4-5,13H,3H2,1-2H3,(H4,14,15,17,18,19)/p+1. The molecule has 0 aliphatic rings. The van der Waals surface area contributed by atoms with E-state index in [1.165, 1.54) is 0 Å². The molecule has 0 saturated heterocycles. The summed E-state index contributed by atoms with van der Waals surface area (Å²) in [5.74, 6) is 0.988. The molecule has 2 rings (SSSR count). The second-order valence-electron chi connectivity index (χ2n) is 3.96. The summed E-state index contributed by atoms with van der Waals surface area (Å²) in [6.07, 6.45) is 3.52. The number of nitrogens with zero attached hydrogens (tertiary/aromatic N) is 4. The van der Waals surface area contributed by atoms with Crippen molar-refractivity contribution >= 4 is 40.0 Å². The Kier molecular flexibility index (Phi) is 4.04. The maximum absolute atomic E-state index is 5.85. The van der Waals surface area contributed by atoms with Crippen LogP contribution < -0.4 is 21.8 Å². The Bertz CT molecular complexity index is 635. The molecule has 2 aromatic rings. The lowest BCUT2D eigenvalue weighted by Crippen LogP contribution is -2.37. The average molecular weight is 296 g/mol. The third-order valence-electron chi connectivity index (χ3n) is 2.63. The minimum atomic E-state index is 0.0391. The molecule has 0 unspecified atom stereocenters. The topological polar surface area (TPSA) is 119 Å². The van der Waals surface area contributed by atoms with Gasteiger partial charge in [0, 0.05) is 19.8 Å². The molecular weight excluding hydrogens is 280 g/mol. The van der Waals surface area contributed by atoms with Crippen LogP contribution in [0.2, 0.25) is 0 Å². The molecule has 106 valence electrons. The fraction of sp³-hybridized carbons (Fsp3) is 0.273. The van der Waals surface area contributed by atoms with Crippen molar-refractivity contribution in [3.63, 3.8) is 0 Å². The molecular formula is C11H16ClN8+. The van der Waals surface area contributed by atoms with Gasteiger partial charge in [0.15, 0.2) is 0 Å². The van der Waals surface area contributed by atoms with E-state index in [1.54, 1.807) is 17.9 Å². The highest BCUT2D eigenvalue weighted by Gasteiger charge is 2.18. The summed E-state index contributed by atoms with van der Waals surface area (Å²) in [6.45, 7) is 2.78. The molecule has 0 aliphatic carbocycles. The van der Waals surface area contributed by atoms with Gasteiger partial charge in [0.25, 0.3) is 5.17 Å². The second-order valence-corrected chi connectivity index (χ2v) is 4.37. The van der Waals surface area contributed by atoms with Gasteiger partial charge in [-0.25, -0.2) is 5.41 Å². The van der Waals surface area contributed by atoms with Crippen LogP contribution in [0.25, 0.3) is 0 Å². The van der Waals surface area contributed by atoms with Crippen molar-refractivity contribution in [1.82, 2.24) is 19.7 Å². The number of halogens is 1. The van der Waals surface area contributed by atoms with Gasteiger partial charge in [-0.05, 0) is 18.5 Å². The van der Waals surface area contributed by atoms with Gasteiger partial charge in [-0.3, -0.25) is 4.68 Å². The van der Waals surface area contributed by atoms with Gasteiger partial charge in [-0.1, -0.05) is 0 Å². The number of hydrogen-bond acceptors (Lipinski definition) is 6. The summed E-state index contributed by atoms with van der Waals surface area (Å²) in [7, 11) is 1.70. The molecule has 0 spiro atoms. The predicted molar refractivity (Wildman–Crippen MR) is 79.1 cm³/mol. The maximum atomic E-state index is 5.85. The van der Waals surface area contributed by atoms with Gasteiger partial charge in [0.1, 0.15) is 17.2 Å². The van der Waals surface area contributed by atoms with E-state index in [4.69, 9.17) is 22.7 Å². The highest BCUT2D eigenvalue weighted by molar-refractivity contribution is 6.68. The molecule has 0 amide bonds. The number of anilines is 4. The Hall–Kier alpha value is -2.35. The number of nitrogens with one attached hydrogen (secondary N) is 2. The van der Waals surface area contributed by atoms with Crippen molar-refractivity contribution in [2.45, 2.75) is 13.5 Å². The van der Waals surface area contributed by atoms with Crippen molar-refractivity contribution in [3.8, 4) is 0 Å². The number of aromatic nitrogens is 4. The molecule has 0 aliphatic heterocycles. The van der Waals surface area contributed by atoms with Crippen LogP contribution >= 0.6 is 11.6 Å². The molecule has 9 heteroatoms. The van der Waals surface area contributed by atoms with Gasteiger partial charge in [-0.2, -0.15) is 15.1 Å². The van der Waals surface area contributed by atoms with E-state index in [9.17, 15) is 0 Å². The molecule has 2 heterocycles. The van der Waals surface area contributed by atoms with Crippen LogP contribution in [-0.2, 0) is 6.54 Å². The van der Waals surface area contributed by atoms with Crippen LogP contribution in [-0.4, -0.2) is 32.0 Å². The Morgan fingerprint density at radius 2 is 2.25 bits per heavy atom. The van der Waals surface area contributed by atoms with E-state index in [0.29, 0.717) is 17.3 Å². The van der Waals surface area contributed by atoms with Crippen LogP contribution in [0.4, 0.5) is 23.3 Å². The number of nitrogens with two attached hydrogens (primary N) is 2. The lowest BCUT2D eigenvalue weighted by molar-refractivity contribution is -0.108. The average Bonchev–Trinajstić information content (AvgIpc) is 2.85. The minimum absolute atomic E-state index is 0.0391. The molecule has 0 bridgehead atoms. The molecule has 0 radical (unpaired) electrons. The maximum Gasteiger partial charge on any atom is 0.281 e. The van der Waals surface area contributed by atoms with E-state index in [2.05, 4.69) is 25.7 Å². The van der Waals surface area contributed by atoms with Gasteiger partial charge in [0.05, 0.1) is 11.9 Å². The number of aryl methyl sites for hydroxylation is 1. The van der Waals surface area contributed by atoms with Gasteiger partial charge in [0.2, 0.25) is 5.95 Å². The SMILES string of the molecule is CCn1cc(Nc2nc(N)c(C(=[NH2+])Cl)c(NC)n2)cn1. The van der Waals surface area contributed by atoms with E-state index in [1.807, 2.05) is 13.1 Å². The first-order valence-electron chi connectivity index (χ1n) is 5.98. The van der Waals surface area contributed by atoms with Crippen LogP contribution in [0.15, 0.2) is 12.4 Å². The summed E-state index contributed by atoms with van der Waals surface area (Å²) in [5, 5.41) is 15.7. The smallest absolute Gasteiger partial charge is 0.281 e. The minimum Gasteiger partial charge on any atom is -0.383 e. The quantitative estimate of drug-likeness (QED) is 0.567. The van der Waals surface area contributed by atoms with Crippen molar-refractivity contribution < 1.29 is 5.41 Å². The van der Waals surface area contributed by atoms with Crippen molar-refractivity contribution in [3.05, 3.63) is 18.0 Å². The molecule has 6 N–H and O–H groups in total. The Morgan fingerprint density at radius 1 is 1.50 bits per heavy atom. The molecule has 2 aromatic heterocycles. The van der Waals surface area contributed by atoms with Crippen LogP contribution in [0.3, 0.4) is 0 Å². The molecule has 8 nitrogen and oxygen atoms in total. The van der Waals surface area contributed by atoms with Crippen LogP contribution in [0, 0.1) is 0 Å². The molecule has 20 heavy (non-hydrogen) atoms.